The van der Waals surface area contributed by atoms with Crippen molar-refractivity contribution < 1.29 is 19.0 Å². The molecule has 6 heteroatoms. The average molecular weight is 436 g/mol. The molecular weight excluding hydrogens is 402 g/mol. The number of benzene rings is 1. The van der Waals surface area contributed by atoms with Gasteiger partial charge >= 0.3 is 0 Å². The second-order valence-corrected chi connectivity index (χ2v) is 10.6. The average Bonchev–Trinajstić information content (AvgIpc) is 3.19. The number of nitrogens with one attached hydrogen (secondary N) is 1. The van der Waals surface area contributed by atoms with E-state index < -0.39 is 0 Å². The van der Waals surface area contributed by atoms with Gasteiger partial charge in [-0.25, -0.2) is 0 Å². The molecule has 1 aromatic rings. The first-order valence-corrected chi connectivity index (χ1v) is 11.4. The lowest BCUT2D eigenvalue weighted by molar-refractivity contribution is -0.139. The summed E-state index contributed by atoms with van der Waals surface area (Å²) in [6, 6.07) is 3.87. The number of hydrogen-bond acceptors (Lipinski definition) is 4. The maximum Gasteiger partial charge on any atom is 0.222 e. The van der Waals surface area contributed by atoms with E-state index in [1.807, 2.05) is 19.9 Å². The molecular formula is C24H34ClNO4. The van der Waals surface area contributed by atoms with E-state index in [0.29, 0.717) is 35.0 Å². The second kappa shape index (κ2) is 7.59. The summed E-state index contributed by atoms with van der Waals surface area (Å²) in [7, 11) is 3.28. The van der Waals surface area contributed by atoms with E-state index in [9.17, 15) is 4.79 Å². The molecule has 2 aliphatic carbocycles. The Labute approximate surface area is 184 Å². The van der Waals surface area contributed by atoms with Crippen LogP contribution < -0.4 is 14.8 Å². The summed E-state index contributed by atoms with van der Waals surface area (Å²) >= 11 is 6.43. The zero-order chi connectivity index (χ0) is 21.8. The zero-order valence-corrected chi connectivity index (χ0v) is 19.6. The van der Waals surface area contributed by atoms with E-state index in [1.165, 1.54) is 0 Å². The molecule has 2 bridgehead atoms. The summed E-state index contributed by atoms with van der Waals surface area (Å²) < 4.78 is 17.6. The van der Waals surface area contributed by atoms with Crippen molar-refractivity contribution in [2.24, 2.45) is 28.6 Å². The Morgan fingerprint density at radius 2 is 2.00 bits per heavy atom. The van der Waals surface area contributed by atoms with Gasteiger partial charge < -0.3 is 19.5 Å². The van der Waals surface area contributed by atoms with Crippen LogP contribution in [0.3, 0.4) is 0 Å². The Kier molecular flexibility index (Phi) is 5.51. The lowest BCUT2D eigenvalue weighted by Gasteiger charge is -2.53. The summed E-state index contributed by atoms with van der Waals surface area (Å²) in [5, 5.41) is 4.06. The second-order valence-electron chi connectivity index (χ2n) is 10.2. The van der Waals surface area contributed by atoms with Crippen LogP contribution in [-0.4, -0.2) is 32.8 Å². The minimum absolute atomic E-state index is 0.0253. The van der Waals surface area contributed by atoms with Gasteiger partial charge in [0.25, 0.3) is 0 Å². The minimum atomic E-state index is -0.124. The molecule has 0 aromatic heterocycles. The van der Waals surface area contributed by atoms with E-state index in [0.717, 1.165) is 24.8 Å². The molecule has 3 fully saturated rings. The predicted octanol–water partition coefficient (Wildman–Crippen LogP) is 5.01. The highest BCUT2D eigenvalue weighted by Crippen LogP contribution is 2.71. The molecule has 1 N–H and O–H groups in total. The molecule has 166 valence electrons. The lowest BCUT2D eigenvalue weighted by atomic mass is 9.58. The van der Waals surface area contributed by atoms with Crippen LogP contribution in [0.4, 0.5) is 0 Å². The van der Waals surface area contributed by atoms with Crippen molar-refractivity contribution in [1.82, 2.24) is 5.32 Å². The molecule has 2 saturated carbocycles. The number of carbonyl (C=O) groups excluding carboxylic acids is 1. The van der Waals surface area contributed by atoms with E-state index in [1.54, 1.807) is 20.3 Å². The highest BCUT2D eigenvalue weighted by molar-refractivity contribution is 6.30. The Morgan fingerprint density at radius 3 is 2.63 bits per heavy atom. The van der Waals surface area contributed by atoms with Crippen LogP contribution in [0.1, 0.15) is 58.6 Å². The Bertz CT molecular complexity index is 839. The molecule has 1 amide bonds. The summed E-state index contributed by atoms with van der Waals surface area (Å²) in [6.45, 7) is 9.22. The lowest BCUT2D eigenvalue weighted by Crippen LogP contribution is -2.59. The van der Waals surface area contributed by atoms with Crippen LogP contribution >= 0.6 is 11.6 Å². The Morgan fingerprint density at radius 1 is 1.27 bits per heavy atom. The van der Waals surface area contributed by atoms with E-state index in [-0.39, 0.29) is 34.8 Å². The van der Waals surface area contributed by atoms with Crippen LogP contribution in [0.5, 0.6) is 11.5 Å². The predicted molar refractivity (Wildman–Crippen MR) is 117 cm³/mol. The summed E-state index contributed by atoms with van der Waals surface area (Å²) in [5.41, 5.74) is 1.05. The first-order chi connectivity index (χ1) is 14.2. The molecule has 1 aliphatic heterocycles. The molecule has 1 aromatic carbocycles. The third-order valence-electron chi connectivity index (χ3n) is 8.09. The zero-order valence-electron chi connectivity index (χ0n) is 18.9. The van der Waals surface area contributed by atoms with E-state index in [2.05, 4.69) is 19.2 Å². The van der Waals surface area contributed by atoms with Crippen LogP contribution in [0.15, 0.2) is 12.1 Å². The third-order valence-corrected chi connectivity index (χ3v) is 8.31. The van der Waals surface area contributed by atoms with Crippen LogP contribution in [0.25, 0.3) is 0 Å². The normalized spacial score (nSPS) is 34.0. The fourth-order valence-corrected chi connectivity index (χ4v) is 6.79. The van der Waals surface area contributed by atoms with Crippen molar-refractivity contribution >= 4 is 17.5 Å². The molecule has 5 atom stereocenters. The molecule has 5 nitrogen and oxygen atoms in total. The van der Waals surface area contributed by atoms with Gasteiger partial charge in [0, 0.05) is 35.2 Å². The van der Waals surface area contributed by atoms with Crippen LogP contribution in [0.2, 0.25) is 5.02 Å². The van der Waals surface area contributed by atoms with Crippen molar-refractivity contribution in [3.05, 3.63) is 22.7 Å². The summed E-state index contributed by atoms with van der Waals surface area (Å²) in [6.07, 6.45) is 3.06. The highest BCUT2D eigenvalue weighted by atomic mass is 35.5. The number of hydrogen-bond donors (Lipinski definition) is 1. The fraction of sp³-hybridized carbons (Fsp3) is 0.708. The molecule has 1 spiro atoms. The SMILES string of the molecule is COc1cc(Cl)cc([C@H]2OCCC34C[C@@H](C[C@H]23)C(C)(C)[C@@H]4NC(=O)C(C)C)c1OC. The monoisotopic (exact) mass is 435 g/mol. The van der Waals surface area contributed by atoms with E-state index >= 15 is 0 Å². The van der Waals surface area contributed by atoms with Gasteiger partial charge in [-0.1, -0.05) is 39.3 Å². The smallest absolute Gasteiger partial charge is 0.222 e. The maximum absolute atomic E-state index is 12.7. The molecule has 1 saturated heterocycles. The Hall–Kier alpha value is -1.46. The van der Waals surface area contributed by atoms with Crippen molar-refractivity contribution in [2.75, 3.05) is 20.8 Å². The van der Waals surface area contributed by atoms with Gasteiger partial charge in [-0.15, -0.1) is 0 Å². The van der Waals surface area contributed by atoms with Crippen molar-refractivity contribution in [1.29, 1.82) is 0 Å². The van der Waals surface area contributed by atoms with Gasteiger partial charge in [0.2, 0.25) is 5.91 Å². The molecule has 3 aliphatic rings. The summed E-state index contributed by atoms with van der Waals surface area (Å²) in [4.78, 5) is 12.7. The third kappa shape index (κ3) is 3.12. The van der Waals surface area contributed by atoms with Crippen LogP contribution in [-0.2, 0) is 9.53 Å². The molecule has 1 unspecified atom stereocenters. The van der Waals surface area contributed by atoms with Gasteiger partial charge in [0.1, 0.15) is 0 Å². The summed E-state index contributed by atoms with van der Waals surface area (Å²) in [5.74, 6) is 2.28. The van der Waals surface area contributed by atoms with E-state index in [4.69, 9.17) is 25.8 Å². The van der Waals surface area contributed by atoms with Crippen LogP contribution in [0, 0.1) is 28.6 Å². The number of ether oxygens (including phenoxy) is 3. The quantitative estimate of drug-likeness (QED) is 0.706. The van der Waals surface area contributed by atoms with Gasteiger partial charge in [-0.05, 0) is 48.0 Å². The molecule has 4 rings (SSSR count). The van der Waals surface area contributed by atoms with Gasteiger partial charge in [-0.3, -0.25) is 4.79 Å². The Balaban J connectivity index is 1.75. The van der Waals surface area contributed by atoms with Crippen molar-refractivity contribution in [2.45, 2.75) is 59.1 Å². The van der Waals surface area contributed by atoms with Crippen molar-refractivity contribution in [3.8, 4) is 11.5 Å². The molecule has 1 heterocycles. The number of methoxy groups -OCH3 is 2. The molecule has 30 heavy (non-hydrogen) atoms. The molecule has 0 radical (unpaired) electrons. The largest absolute Gasteiger partial charge is 0.493 e. The number of halogens is 1. The first-order valence-electron chi connectivity index (χ1n) is 11.0. The highest BCUT2D eigenvalue weighted by Gasteiger charge is 2.68. The first kappa shape index (κ1) is 21.8. The van der Waals surface area contributed by atoms with Gasteiger partial charge in [0.05, 0.1) is 20.3 Å². The van der Waals surface area contributed by atoms with Crippen molar-refractivity contribution in [3.63, 3.8) is 0 Å². The number of fused-ring (bicyclic) bond motifs is 1. The van der Waals surface area contributed by atoms with Gasteiger partial charge in [-0.2, -0.15) is 0 Å². The number of rotatable bonds is 5. The standard InChI is InChI=1S/C24H34ClNO4/c1-13(2)21(27)26-22-23(3,4)14-9-17-19(30-8-7-24(17,22)12-14)16-10-15(25)11-18(28-5)20(16)29-6/h10-11,13-14,17,19,22H,7-9,12H2,1-6H3,(H,26,27)/t14-,17-,19-,22+,24?/m1/s1. The maximum atomic E-state index is 12.7. The number of amides is 1. The number of carbonyl (C=O) groups is 1. The minimum Gasteiger partial charge on any atom is -0.493 e. The topological polar surface area (TPSA) is 56.8 Å². The van der Waals surface area contributed by atoms with Gasteiger partial charge in [0.15, 0.2) is 11.5 Å². The fourth-order valence-electron chi connectivity index (χ4n) is 6.57.